The van der Waals surface area contributed by atoms with Crippen molar-refractivity contribution in [2.24, 2.45) is 11.8 Å². The molecule has 0 aromatic heterocycles. The van der Waals surface area contributed by atoms with Crippen molar-refractivity contribution < 1.29 is 24.2 Å². The summed E-state index contributed by atoms with van der Waals surface area (Å²) in [5.41, 5.74) is 0. The number of rotatable bonds is 46. The number of hydrogen-bond donors (Lipinski definition) is 1. The number of carbonyl (C=O) groups excluding carboxylic acids is 2. The Labute approximate surface area is 374 Å². The van der Waals surface area contributed by atoms with Gasteiger partial charge in [0.1, 0.15) is 0 Å². The molecule has 0 spiro atoms. The summed E-state index contributed by atoms with van der Waals surface area (Å²) < 4.78 is 11.6. The molecule has 0 saturated heterocycles. The number of esters is 2. The molecule has 1 fully saturated rings. The minimum atomic E-state index is 0.0139. The van der Waals surface area contributed by atoms with Crippen LogP contribution in [0.4, 0.5) is 0 Å². The number of ether oxygens (including phenoxy) is 2. The van der Waals surface area contributed by atoms with Crippen LogP contribution in [0.5, 0.6) is 0 Å². The fourth-order valence-electron chi connectivity index (χ4n) is 9.51. The highest BCUT2D eigenvalue weighted by atomic mass is 16.5. The van der Waals surface area contributed by atoms with Gasteiger partial charge in [0.15, 0.2) is 0 Å². The molecule has 0 amide bonds. The topological polar surface area (TPSA) is 79.3 Å². The normalized spacial score (nSPS) is 14.4. The van der Waals surface area contributed by atoms with Gasteiger partial charge in [0.05, 0.1) is 19.8 Å². The molecule has 0 bridgehead atoms. The highest BCUT2D eigenvalue weighted by molar-refractivity contribution is 5.70. The van der Waals surface area contributed by atoms with Crippen LogP contribution in [0.1, 0.15) is 259 Å². The zero-order valence-electron chi connectivity index (χ0n) is 40.8. The second kappa shape index (κ2) is 43.1. The Morgan fingerprint density at radius 3 is 1.23 bits per heavy atom. The Morgan fingerprint density at radius 2 is 0.833 bits per heavy atom. The minimum Gasteiger partial charge on any atom is -0.466 e. The van der Waals surface area contributed by atoms with Gasteiger partial charge in [0.25, 0.3) is 0 Å². The third-order valence-electron chi connectivity index (χ3n) is 13.5. The largest absolute Gasteiger partial charge is 0.466 e. The monoisotopic (exact) mass is 849 g/mol. The highest BCUT2D eigenvalue weighted by Crippen LogP contribution is 2.25. The molecule has 1 aliphatic carbocycles. The molecule has 60 heavy (non-hydrogen) atoms. The van der Waals surface area contributed by atoms with E-state index >= 15 is 0 Å². The first kappa shape index (κ1) is 56.8. The number of carbonyl (C=O) groups is 2. The van der Waals surface area contributed by atoms with Crippen molar-refractivity contribution in [3.05, 3.63) is 0 Å². The Morgan fingerprint density at radius 1 is 0.467 bits per heavy atom. The molecule has 0 aromatic rings. The molecule has 7 nitrogen and oxygen atoms in total. The van der Waals surface area contributed by atoms with Crippen LogP contribution >= 0.6 is 0 Å². The number of aliphatic hydroxyl groups is 1. The van der Waals surface area contributed by atoms with Crippen molar-refractivity contribution in [2.45, 2.75) is 265 Å². The van der Waals surface area contributed by atoms with Crippen LogP contribution in [0.2, 0.25) is 0 Å². The fourth-order valence-corrected chi connectivity index (χ4v) is 9.51. The minimum absolute atomic E-state index is 0.0139. The molecular formula is C53H104N2O5. The predicted molar refractivity (Wildman–Crippen MR) is 257 cm³/mol. The average molecular weight is 849 g/mol. The smallest absolute Gasteiger partial charge is 0.306 e. The van der Waals surface area contributed by atoms with Gasteiger partial charge >= 0.3 is 11.9 Å². The molecule has 0 heterocycles. The SMILES string of the molecule is CCCCCCCCC(CCCCCC)CC(=O)OCCCCCN(CCCCCOC(=O)CC(CCCCCC)CCCCCCCC)CCN(CCO)C1CCCC1. The van der Waals surface area contributed by atoms with Crippen molar-refractivity contribution in [3.8, 4) is 0 Å². The Kier molecular flexibility index (Phi) is 40.8. The summed E-state index contributed by atoms with van der Waals surface area (Å²) in [6.45, 7) is 15.3. The number of unbranched alkanes of at least 4 members (excludes halogenated alkanes) is 20. The molecule has 0 aromatic carbocycles. The zero-order valence-corrected chi connectivity index (χ0v) is 40.8. The third-order valence-corrected chi connectivity index (χ3v) is 13.5. The standard InChI is InChI=1S/C53H104N2O5/c1-5-9-13-17-19-25-35-49(33-23-15-11-7-3)47-52(57)59-45-31-21-29-39-54(41-42-55(43-44-56)51-37-27-28-38-51)40-30-22-32-46-60-53(58)48-50(34-24-16-12-8-4)36-26-20-18-14-10-6-2/h49-51,56H,5-48H2,1-4H3. The van der Waals surface area contributed by atoms with Gasteiger partial charge in [-0.3, -0.25) is 14.5 Å². The first-order valence-electron chi connectivity index (χ1n) is 26.9. The van der Waals surface area contributed by atoms with Crippen LogP contribution in [0, 0.1) is 11.8 Å². The Balaban J connectivity index is 2.50. The van der Waals surface area contributed by atoms with Crippen LogP contribution in [0.15, 0.2) is 0 Å². The van der Waals surface area contributed by atoms with E-state index < -0.39 is 0 Å². The van der Waals surface area contributed by atoms with Gasteiger partial charge in [-0.25, -0.2) is 0 Å². The maximum atomic E-state index is 12.9. The summed E-state index contributed by atoms with van der Waals surface area (Å²) >= 11 is 0. The summed E-state index contributed by atoms with van der Waals surface area (Å²) in [5, 5.41) is 9.82. The zero-order chi connectivity index (χ0) is 43.6. The van der Waals surface area contributed by atoms with Gasteiger partial charge < -0.3 is 19.5 Å². The van der Waals surface area contributed by atoms with Crippen LogP contribution in [-0.4, -0.2) is 85.4 Å². The first-order valence-corrected chi connectivity index (χ1v) is 26.9. The van der Waals surface area contributed by atoms with E-state index in [1.807, 2.05) is 0 Å². The van der Waals surface area contributed by atoms with Gasteiger partial charge in [0, 0.05) is 38.5 Å². The molecule has 7 heteroatoms. The summed E-state index contributed by atoms with van der Waals surface area (Å²) in [5.74, 6) is 0.987. The first-order chi connectivity index (χ1) is 29.5. The molecule has 356 valence electrons. The summed E-state index contributed by atoms with van der Waals surface area (Å²) in [6.07, 6.45) is 43.0. The second-order valence-corrected chi connectivity index (χ2v) is 19.1. The number of nitrogens with zero attached hydrogens (tertiary/aromatic N) is 2. The Bertz CT molecular complexity index is 869. The summed E-state index contributed by atoms with van der Waals surface area (Å²) in [4.78, 5) is 31.0. The molecule has 1 N–H and O–H groups in total. The lowest BCUT2D eigenvalue weighted by Gasteiger charge is -2.31. The van der Waals surface area contributed by atoms with E-state index in [1.54, 1.807) is 0 Å². The van der Waals surface area contributed by atoms with Crippen LogP contribution in [0.25, 0.3) is 0 Å². The molecule has 1 saturated carbocycles. The van der Waals surface area contributed by atoms with E-state index in [1.165, 1.54) is 180 Å². The van der Waals surface area contributed by atoms with Crippen molar-refractivity contribution in [1.82, 2.24) is 9.80 Å². The fraction of sp³-hybridized carbons (Fsp3) is 0.962. The molecule has 0 aliphatic heterocycles. The van der Waals surface area contributed by atoms with Crippen molar-refractivity contribution in [2.75, 3.05) is 52.5 Å². The quantitative estimate of drug-likeness (QED) is 0.0483. The van der Waals surface area contributed by atoms with Crippen LogP contribution < -0.4 is 0 Å². The van der Waals surface area contributed by atoms with E-state index in [4.69, 9.17) is 9.47 Å². The molecule has 0 radical (unpaired) electrons. The van der Waals surface area contributed by atoms with Gasteiger partial charge in [-0.1, -0.05) is 169 Å². The molecule has 2 unspecified atom stereocenters. The van der Waals surface area contributed by atoms with E-state index in [2.05, 4.69) is 37.5 Å². The lowest BCUT2D eigenvalue weighted by Crippen LogP contribution is -2.42. The molecular weight excluding hydrogens is 745 g/mol. The van der Waals surface area contributed by atoms with Gasteiger partial charge in [-0.15, -0.1) is 0 Å². The number of hydrogen-bond acceptors (Lipinski definition) is 7. The van der Waals surface area contributed by atoms with Crippen LogP contribution in [0.3, 0.4) is 0 Å². The molecule has 1 aliphatic rings. The van der Waals surface area contributed by atoms with Crippen molar-refractivity contribution in [3.63, 3.8) is 0 Å². The van der Waals surface area contributed by atoms with Gasteiger partial charge in [-0.05, 0) is 102 Å². The summed E-state index contributed by atoms with van der Waals surface area (Å²) in [6, 6.07) is 0.617. The summed E-state index contributed by atoms with van der Waals surface area (Å²) in [7, 11) is 0. The maximum Gasteiger partial charge on any atom is 0.306 e. The lowest BCUT2D eigenvalue weighted by atomic mass is 9.91. The Hall–Kier alpha value is -1.18. The lowest BCUT2D eigenvalue weighted by molar-refractivity contribution is -0.146. The molecule has 1 rings (SSSR count). The van der Waals surface area contributed by atoms with E-state index in [9.17, 15) is 14.7 Å². The average Bonchev–Trinajstić information content (AvgIpc) is 3.79. The highest BCUT2D eigenvalue weighted by Gasteiger charge is 2.23. The van der Waals surface area contributed by atoms with E-state index in [0.29, 0.717) is 43.9 Å². The van der Waals surface area contributed by atoms with E-state index in [0.717, 1.165) is 71.2 Å². The van der Waals surface area contributed by atoms with Gasteiger partial charge in [-0.2, -0.15) is 0 Å². The third kappa shape index (κ3) is 34.3. The van der Waals surface area contributed by atoms with E-state index in [-0.39, 0.29) is 18.5 Å². The molecule has 2 atom stereocenters. The van der Waals surface area contributed by atoms with Crippen molar-refractivity contribution in [1.29, 1.82) is 0 Å². The second-order valence-electron chi connectivity index (χ2n) is 19.1. The van der Waals surface area contributed by atoms with Gasteiger partial charge in [0.2, 0.25) is 0 Å². The van der Waals surface area contributed by atoms with Crippen molar-refractivity contribution >= 4 is 11.9 Å². The predicted octanol–water partition coefficient (Wildman–Crippen LogP) is 14.4. The number of aliphatic hydroxyl groups excluding tert-OH is 1. The van der Waals surface area contributed by atoms with Crippen LogP contribution in [-0.2, 0) is 19.1 Å². The maximum absolute atomic E-state index is 12.9.